The topological polar surface area (TPSA) is 23.6 Å². The summed E-state index contributed by atoms with van der Waals surface area (Å²) in [6.45, 7) is 5.60. The first-order valence-electron chi connectivity index (χ1n) is 5.31. The summed E-state index contributed by atoms with van der Waals surface area (Å²) in [7, 11) is 0. The number of carbonyl (C=O) groups is 1. The van der Waals surface area contributed by atoms with Gasteiger partial charge in [-0.3, -0.25) is 0 Å². The molecule has 1 aliphatic heterocycles. The third-order valence-electron chi connectivity index (χ3n) is 3.19. The van der Waals surface area contributed by atoms with Gasteiger partial charge in [-0.1, -0.05) is 0 Å². The van der Waals surface area contributed by atoms with Crippen LogP contribution in [-0.2, 0) is 0 Å². The largest absolute Gasteiger partial charge is 0.320 e. The van der Waals surface area contributed by atoms with E-state index in [1.54, 1.807) is 0 Å². The molecular formula is C10H17FN2O. The minimum atomic E-state index is -0.680. The number of hydrogen-bond acceptors (Lipinski definition) is 1. The second-order valence-electron chi connectivity index (χ2n) is 4.49. The molecule has 1 aliphatic carbocycles. The van der Waals surface area contributed by atoms with Gasteiger partial charge in [0.1, 0.15) is 6.17 Å². The summed E-state index contributed by atoms with van der Waals surface area (Å²) in [5, 5.41) is 0. The van der Waals surface area contributed by atoms with Gasteiger partial charge in [0.05, 0.1) is 0 Å². The van der Waals surface area contributed by atoms with Crippen molar-refractivity contribution < 1.29 is 9.18 Å². The fourth-order valence-electron chi connectivity index (χ4n) is 2.17. The molecular weight excluding hydrogens is 183 g/mol. The second-order valence-corrected chi connectivity index (χ2v) is 4.49. The summed E-state index contributed by atoms with van der Waals surface area (Å²) in [4.78, 5) is 15.5. The van der Waals surface area contributed by atoms with E-state index in [9.17, 15) is 9.18 Å². The van der Waals surface area contributed by atoms with Crippen molar-refractivity contribution in [1.29, 1.82) is 0 Å². The van der Waals surface area contributed by atoms with Gasteiger partial charge >= 0.3 is 6.03 Å². The van der Waals surface area contributed by atoms with Crippen LogP contribution in [-0.4, -0.2) is 47.2 Å². The summed E-state index contributed by atoms with van der Waals surface area (Å²) in [5.41, 5.74) is 0. The Morgan fingerprint density at radius 2 is 2.00 bits per heavy atom. The monoisotopic (exact) mass is 200 g/mol. The molecule has 2 fully saturated rings. The number of amides is 2. The molecule has 1 saturated heterocycles. The van der Waals surface area contributed by atoms with Gasteiger partial charge in [-0.2, -0.15) is 0 Å². The molecule has 1 saturated carbocycles. The Morgan fingerprint density at radius 1 is 1.36 bits per heavy atom. The molecule has 0 atom stereocenters. The van der Waals surface area contributed by atoms with Gasteiger partial charge < -0.3 is 9.80 Å². The van der Waals surface area contributed by atoms with E-state index in [1.807, 2.05) is 23.6 Å². The average Bonchev–Trinajstić information content (AvgIpc) is 2.41. The van der Waals surface area contributed by atoms with Crippen molar-refractivity contribution in [3.05, 3.63) is 0 Å². The maximum absolute atomic E-state index is 12.7. The van der Waals surface area contributed by atoms with Gasteiger partial charge in [-0.15, -0.1) is 0 Å². The number of alkyl halides is 1. The van der Waals surface area contributed by atoms with Crippen molar-refractivity contribution in [2.75, 3.05) is 13.1 Å². The Morgan fingerprint density at radius 3 is 2.43 bits per heavy atom. The van der Waals surface area contributed by atoms with E-state index in [1.165, 1.54) is 0 Å². The molecule has 3 nitrogen and oxygen atoms in total. The van der Waals surface area contributed by atoms with Crippen molar-refractivity contribution in [2.45, 2.75) is 44.9 Å². The van der Waals surface area contributed by atoms with Crippen LogP contribution >= 0.6 is 0 Å². The average molecular weight is 200 g/mol. The lowest BCUT2D eigenvalue weighted by molar-refractivity contribution is 0.0827. The van der Waals surface area contributed by atoms with Crippen LogP contribution in [0.1, 0.15) is 26.7 Å². The Hall–Kier alpha value is -0.800. The second kappa shape index (κ2) is 3.41. The first-order chi connectivity index (χ1) is 6.59. The number of carbonyl (C=O) groups excluding carboxylic acids is 1. The van der Waals surface area contributed by atoms with Gasteiger partial charge in [-0.25, -0.2) is 9.18 Å². The quantitative estimate of drug-likeness (QED) is 0.664. The molecule has 2 amide bonds. The van der Waals surface area contributed by atoms with Crippen LogP contribution < -0.4 is 0 Å². The molecule has 0 N–H and O–H groups in total. The zero-order valence-corrected chi connectivity index (χ0v) is 8.74. The zero-order valence-electron chi connectivity index (χ0n) is 8.74. The van der Waals surface area contributed by atoms with Crippen LogP contribution in [0.3, 0.4) is 0 Å². The highest BCUT2D eigenvalue weighted by atomic mass is 19.1. The third-order valence-corrected chi connectivity index (χ3v) is 3.19. The van der Waals surface area contributed by atoms with Crippen LogP contribution in [0.2, 0.25) is 0 Å². The molecule has 0 radical (unpaired) electrons. The third kappa shape index (κ3) is 1.47. The summed E-state index contributed by atoms with van der Waals surface area (Å²) in [5.74, 6) is 0. The molecule has 0 unspecified atom stereocenters. The highest BCUT2D eigenvalue weighted by molar-refractivity contribution is 5.77. The van der Waals surface area contributed by atoms with Gasteiger partial charge in [0.2, 0.25) is 0 Å². The Labute approximate surface area is 83.9 Å². The van der Waals surface area contributed by atoms with Gasteiger partial charge in [0.25, 0.3) is 0 Å². The molecule has 0 aromatic heterocycles. The Balaban J connectivity index is 1.94. The van der Waals surface area contributed by atoms with E-state index in [0.717, 1.165) is 13.1 Å². The smallest absolute Gasteiger partial charge is 0.320 e. The lowest BCUT2D eigenvalue weighted by Crippen LogP contribution is -2.48. The summed E-state index contributed by atoms with van der Waals surface area (Å²) < 4.78 is 12.7. The number of rotatable bonds is 2. The van der Waals surface area contributed by atoms with Crippen LogP contribution in [0.15, 0.2) is 0 Å². The molecule has 80 valence electrons. The first-order valence-corrected chi connectivity index (χ1v) is 5.31. The molecule has 0 aromatic carbocycles. The van der Waals surface area contributed by atoms with Crippen molar-refractivity contribution in [2.24, 2.45) is 0 Å². The highest BCUT2D eigenvalue weighted by Crippen LogP contribution is 2.31. The Kier molecular flexibility index (Phi) is 2.37. The molecule has 2 aliphatic rings. The lowest BCUT2D eigenvalue weighted by Gasteiger charge is -2.37. The molecule has 0 aromatic rings. The van der Waals surface area contributed by atoms with Crippen molar-refractivity contribution in [3.63, 3.8) is 0 Å². The molecule has 1 heterocycles. The number of hydrogen-bond donors (Lipinski definition) is 0. The van der Waals surface area contributed by atoms with E-state index in [-0.39, 0.29) is 18.1 Å². The summed E-state index contributed by atoms with van der Waals surface area (Å²) in [6.07, 6.45) is 0.399. The van der Waals surface area contributed by atoms with Crippen LogP contribution in [0.4, 0.5) is 9.18 Å². The van der Waals surface area contributed by atoms with Crippen LogP contribution in [0, 0.1) is 0 Å². The predicted octanol–water partition coefficient (Wildman–Crippen LogP) is 1.63. The maximum atomic E-state index is 12.7. The normalized spacial score (nSPS) is 32.7. The molecule has 4 heteroatoms. The fourth-order valence-corrected chi connectivity index (χ4v) is 2.17. The highest BCUT2D eigenvalue weighted by Gasteiger charge is 2.41. The number of nitrogens with zero attached hydrogens (tertiary/aromatic N) is 2. The summed E-state index contributed by atoms with van der Waals surface area (Å²) >= 11 is 0. The minimum absolute atomic E-state index is 0.0944. The van der Waals surface area contributed by atoms with E-state index < -0.39 is 6.17 Å². The standard InChI is InChI=1S/C10H17FN2O/c1-7(2)12-3-4-13(10(12)14)9-5-8(11)6-9/h7-9H,3-6H2,1-2H3. The molecule has 0 bridgehead atoms. The molecule has 0 spiro atoms. The van der Waals surface area contributed by atoms with Crippen molar-refractivity contribution >= 4 is 6.03 Å². The number of urea groups is 1. The zero-order chi connectivity index (χ0) is 10.3. The van der Waals surface area contributed by atoms with E-state index in [2.05, 4.69) is 0 Å². The van der Waals surface area contributed by atoms with E-state index in [0.29, 0.717) is 12.8 Å². The summed E-state index contributed by atoms with van der Waals surface area (Å²) in [6, 6.07) is 0.520. The van der Waals surface area contributed by atoms with Crippen molar-refractivity contribution in [1.82, 2.24) is 9.80 Å². The van der Waals surface area contributed by atoms with Crippen molar-refractivity contribution in [3.8, 4) is 0 Å². The SMILES string of the molecule is CC(C)N1CCN(C2CC(F)C2)C1=O. The van der Waals surface area contributed by atoms with Crippen LogP contribution in [0.25, 0.3) is 0 Å². The van der Waals surface area contributed by atoms with E-state index >= 15 is 0 Å². The van der Waals surface area contributed by atoms with Gasteiger partial charge in [0, 0.05) is 25.2 Å². The molecule has 14 heavy (non-hydrogen) atoms. The van der Waals surface area contributed by atoms with Gasteiger partial charge in [0.15, 0.2) is 0 Å². The minimum Gasteiger partial charge on any atom is -0.320 e. The number of halogens is 1. The predicted molar refractivity (Wildman–Crippen MR) is 51.9 cm³/mol. The molecule has 2 rings (SSSR count). The van der Waals surface area contributed by atoms with E-state index in [4.69, 9.17) is 0 Å². The fraction of sp³-hybridized carbons (Fsp3) is 0.900. The van der Waals surface area contributed by atoms with Gasteiger partial charge in [-0.05, 0) is 26.7 Å². The maximum Gasteiger partial charge on any atom is 0.320 e. The first kappa shape index (κ1) is 9.74. The Bertz CT molecular complexity index is 238. The van der Waals surface area contributed by atoms with Crippen LogP contribution in [0.5, 0.6) is 0 Å². The lowest BCUT2D eigenvalue weighted by atomic mass is 9.89.